The van der Waals surface area contributed by atoms with E-state index in [1.165, 1.54) is 0 Å². The Hall–Kier alpha value is -0.860. The number of aliphatic hydroxyl groups excluding tert-OH is 1. The fourth-order valence-corrected chi connectivity index (χ4v) is 3.54. The number of carboxylic acid groups (broad SMARTS) is 1. The molecule has 1 rings (SSSR count). The van der Waals surface area contributed by atoms with Crippen molar-refractivity contribution in [2.45, 2.75) is 30.8 Å². The number of aromatic carboxylic acids is 1. The van der Waals surface area contributed by atoms with Gasteiger partial charge < -0.3 is 10.2 Å². The molecule has 0 aromatic heterocycles. The lowest BCUT2D eigenvalue weighted by Gasteiger charge is -2.13. The van der Waals surface area contributed by atoms with E-state index in [0.29, 0.717) is 12.8 Å². The Morgan fingerprint density at radius 1 is 1.33 bits per heavy atom. The molecule has 0 fully saturated rings. The van der Waals surface area contributed by atoms with Gasteiger partial charge in [-0.15, -0.1) is 0 Å². The summed E-state index contributed by atoms with van der Waals surface area (Å²) in [6.07, 6.45) is 0.320. The fourth-order valence-electron chi connectivity index (χ4n) is 1.62. The Kier molecular flexibility index (Phi) is 6.42. The minimum absolute atomic E-state index is 0.155. The first-order valence-electron chi connectivity index (χ1n) is 6.09. The van der Waals surface area contributed by atoms with E-state index in [9.17, 15) is 18.3 Å². The summed E-state index contributed by atoms with van der Waals surface area (Å²) in [5.74, 6) is -1.36. The van der Waals surface area contributed by atoms with Crippen molar-refractivity contribution in [1.82, 2.24) is 4.72 Å². The number of hydrogen-bond acceptors (Lipinski definition) is 4. The van der Waals surface area contributed by atoms with Crippen LogP contribution in [0.15, 0.2) is 17.0 Å². The molecule has 3 N–H and O–H groups in total. The van der Waals surface area contributed by atoms with Crippen LogP contribution in [0.2, 0.25) is 10.0 Å². The van der Waals surface area contributed by atoms with Gasteiger partial charge in [-0.1, -0.05) is 36.5 Å². The molecule has 0 radical (unpaired) electrons. The molecule has 0 heterocycles. The number of aliphatic hydroxyl groups is 1. The number of halogens is 2. The molecule has 1 atom stereocenters. The molecule has 0 saturated heterocycles. The highest BCUT2D eigenvalue weighted by Gasteiger charge is 2.23. The maximum Gasteiger partial charge on any atom is 0.337 e. The summed E-state index contributed by atoms with van der Waals surface area (Å²) < 4.78 is 26.4. The van der Waals surface area contributed by atoms with Gasteiger partial charge in [-0.3, -0.25) is 0 Å². The van der Waals surface area contributed by atoms with Gasteiger partial charge in [-0.2, -0.15) is 0 Å². The largest absolute Gasteiger partial charge is 0.478 e. The third-order valence-corrected chi connectivity index (χ3v) is 4.87. The zero-order valence-electron chi connectivity index (χ0n) is 11.1. The maximum atomic E-state index is 12.1. The highest BCUT2D eigenvalue weighted by molar-refractivity contribution is 7.89. The second-order valence-corrected chi connectivity index (χ2v) is 6.91. The van der Waals surface area contributed by atoms with E-state index in [2.05, 4.69) is 4.72 Å². The van der Waals surface area contributed by atoms with Crippen LogP contribution in [0, 0.1) is 0 Å². The third-order valence-electron chi connectivity index (χ3n) is 2.67. The molecule has 0 aliphatic rings. The summed E-state index contributed by atoms with van der Waals surface area (Å²) in [5, 5.41) is 18.1. The highest BCUT2D eigenvalue weighted by atomic mass is 35.5. The smallest absolute Gasteiger partial charge is 0.337 e. The second-order valence-electron chi connectivity index (χ2n) is 4.36. The molecule has 9 heteroatoms. The van der Waals surface area contributed by atoms with E-state index in [-0.39, 0.29) is 22.2 Å². The fraction of sp³-hybridized carbons (Fsp3) is 0.417. The average molecular weight is 356 g/mol. The lowest BCUT2D eigenvalue weighted by Crippen LogP contribution is -2.32. The zero-order valence-corrected chi connectivity index (χ0v) is 13.5. The van der Waals surface area contributed by atoms with Crippen molar-refractivity contribution in [3.05, 3.63) is 27.7 Å². The average Bonchev–Trinajstić information content (AvgIpc) is 2.36. The molecular formula is C12H15Cl2NO5S. The third kappa shape index (κ3) is 4.82. The van der Waals surface area contributed by atoms with Crippen molar-refractivity contribution in [3.63, 3.8) is 0 Å². The summed E-state index contributed by atoms with van der Waals surface area (Å²) in [7, 11) is -4.04. The van der Waals surface area contributed by atoms with Crippen LogP contribution in [-0.4, -0.2) is 37.2 Å². The molecule has 0 amide bonds. The molecule has 21 heavy (non-hydrogen) atoms. The minimum atomic E-state index is -4.04. The van der Waals surface area contributed by atoms with E-state index >= 15 is 0 Å². The summed E-state index contributed by atoms with van der Waals surface area (Å²) >= 11 is 11.5. The molecule has 118 valence electrons. The summed E-state index contributed by atoms with van der Waals surface area (Å²) in [5.41, 5.74) is -0.365. The monoisotopic (exact) mass is 355 g/mol. The van der Waals surface area contributed by atoms with Gasteiger partial charge in [0.25, 0.3) is 0 Å². The first-order valence-corrected chi connectivity index (χ1v) is 8.33. The zero-order chi connectivity index (χ0) is 16.2. The molecular weight excluding hydrogens is 341 g/mol. The van der Waals surface area contributed by atoms with Gasteiger partial charge in [0.2, 0.25) is 10.0 Å². The van der Waals surface area contributed by atoms with Gasteiger partial charge in [0.1, 0.15) is 4.90 Å². The van der Waals surface area contributed by atoms with E-state index in [0.717, 1.165) is 12.1 Å². The van der Waals surface area contributed by atoms with Gasteiger partial charge in [0, 0.05) is 6.54 Å². The number of benzene rings is 1. The van der Waals surface area contributed by atoms with Crippen LogP contribution < -0.4 is 4.72 Å². The molecule has 6 nitrogen and oxygen atoms in total. The van der Waals surface area contributed by atoms with Crippen molar-refractivity contribution in [1.29, 1.82) is 0 Å². The lowest BCUT2D eigenvalue weighted by molar-refractivity contribution is 0.0697. The Morgan fingerprint density at radius 2 is 1.95 bits per heavy atom. The Labute approximate surface area is 132 Å². The second kappa shape index (κ2) is 7.42. The van der Waals surface area contributed by atoms with E-state index in [4.69, 9.17) is 28.3 Å². The molecule has 0 spiro atoms. The summed E-state index contributed by atoms with van der Waals surface area (Å²) in [4.78, 5) is 10.6. The van der Waals surface area contributed by atoms with Crippen LogP contribution in [-0.2, 0) is 10.0 Å². The van der Waals surface area contributed by atoms with E-state index in [1.54, 1.807) is 0 Å². The number of rotatable bonds is 7. The molecule has 0 bridgehead atoms. The van der Waals surface area contributed by atoms with Gasteiger partial charge >= 0.3 is 5.97 Å². The molecule has 1 unspecified atom stereocenters. The Bertz CT molecular complexity index is 633. The van der Waals surface area contributed by atoms with Gasteiger partial charge in [-0.05, 0) is 18.6 Å². The standard InChI is InChI=1S/C12H15Cl2NO5S/c1-2-3-7(16)6-15-21(19,20)11-4-8(12(17)18)9(13)5-10(11)14/h4-5,7,15-16H,2-3,6H2,1H3,(H,17,18). The SMILES string of the molecule is CCCC(O)CNS(=O)(=O)c1cc(C(=O)O)c(Cl)cc1Cl. The quantitative estimate of drug-likeness (QED) is 0.694. The van der Waals surface area contributed by atoms with Gasteiger partial charge in [-0.25, -0.2) is 17.9 Å². The first kappa shape index (κ1) is 18.2. The van der Waals surface area contributed by atoms with Crippen molar-refractivity contribution in [2.75, 3.05) is 6.54 Å². The maximum absolute atomic E-state index is 12.1. The predicted octanol–water partition coefficient (Wildman–Crippen LogP) is 2.13. The number of sulfonamides is 1. The number of nitrogens with one attached hydrogen (secondary N) is 1. The van der Waals surface area contributed by atoms with Crippen molar-refractivity contribution >= 4 is 39.2 Å². The van der Waals surface area contributed by atoms with Crippen LogP contribution in [0.3, 0.4) is 0 Å². The van der Waals surface area contributed by atoms with Crippen LogP contribution in [0.1, 0.15) is 30.1 Å². The topological polar surface area (TPSA) is 104 Å². The summed E-state index contributed by atoms with van der Waals surface area (Å²) in [6.45, 7) is 1.67. The predicted molar refractivity (Wildman–Crippen MR) is 79.5 cm³/mol. The molecule has 1 aromatic carbocycles. The first-order chi connectivity index (χ1) is 9.69. The van der Waals surface area contributed by atoms with Crippen LogP contribution >= 0.6 is 23.2 Å². The Morgan fingerprint density at radius 3 is 2.48 bits per heavy atom. The van der Waals surface area contributed by atoms with E-state index < -0.39 is 27.0 Å². The minimum Gasteiger partial charge on any atom is -0.478 e. The van der Waals surface area contributed by atoms with E-state index in [1.807, 2.05) is 6.92 Å². The molecule has 0 saturated carbocycles. The Balaban J connectivity index is 3.08. The van der Waals surface area contributed by atoms with Crippen LogP contribution in [0.5, 0.6) is 0 Å². The van der Waals surface area contributed by atoms with Gasteiger partial charge in [0.05, 0.1) is 21.7 Å². The van der Waals surface area contributed by atoms with Crippen molar-refractivity contribution < 1.29 is 23.4 Å². The lowest BCUT2D eigenvalue weighted by atomic mass is 10.2. The van der Waals surface area contributed by atoms with Crippen molar-refractivity contribution in [2.24, 2.45) is 0 Å². The van der Waals surface area contributed by atoms with Crippen LogP contribution in [0.4, 0.5) is 0 Å². The van der Waals surface area contributed by atoms with Crippen molar-refractivity contribution in [3.8, 4) is 0 Å². The number of carboxylic acids is 1. The summed E-state index contributed by atoms with van der Waals surface area (Å²) in [6, 6.07) is 1.95. The molecule has 1 aromatic rings. The number of hydrogen-bond donors (Lipinski definition) is 3. The normalized spacial score (nSPS) is 13.1. The number of carbonyl (C=O) groups is 1. The van der Waals surface area contributed by atoms with Crippen LogP contribution in [0.25, 0.3) is 0 Å². The van der Waals surface area contributed by atoms with Gasteiger partial charge in [0.15, 0.2) is 0 Å². The molecule has 0 aliphatic carbocycles. The molecule has 0 aliphatic heterocycles. The highest BCUT2D eigenvalue weighted by Crippen LogP contribution is 2.28.